The lowest BCUT2D eigenvalue weighted by atomic mass is 10.0. The number of aliphatic hydroxyl groups excluding tert-OH is 1. The Bertz CT molecular complexity index is 960. The maximum Gasteiger partial charge on any atom is 0.170 e. The second kappa shape index (κ2) is 8.00. The molecule has 3 heterocycles. The van der Waals surface area contributed by atoms with Crippen LogP contribution in [-0.2, 0) is 0 Å². The number of hydrogen-bond donors (Lipinski definition) is 2. The van der Waals surface area contributed by atoms with Gasteiger partial charge in [-0.25, -0.2) is 0 Å². The van der Waals surface area contributed by atoms with E-state index < -0.39 is 0 Å². The lowest BCUT2D eigenvalue weighted by Gasteiger charge is -2.28. The van der Waals surface area contributed by atoms with Gasteiger partial charge >= 0.3 is 0 Å². The van der Waals surface area contributed by atoms with E-state index in [1.54, 1.807) is 13.3 Å². The third-order valence-corrected chi connectivity index (χ3v) is 5.31. The lowest BCUT2D eigenvalue weighted by Crippen LogP contribution is -2.32. The van der Waals surface area contributed by atoms with Crippen molar-refractivity contribution in [1.82, 2.24) is 19.8 Å². The van der Waals surface area contributed by atoms with Gasteiger partial charge in [0, 0.05) is 36.4 Å². The molecule has 0 spiro atoms. The molecule has 0 aliphatic carbocycles. The van der Waals surface area contributed by atoms with E-state index in [1.165, 1.54) is 0 Å². The Morgan fingerprint density at radius 1 is 1.18 bits per heavy atom. The molecular formula is C21H22N4O2S. The summed E-state index contributed by atoms with van der Waals surface area (Å²) in [6.45, 7) is 0.469. The molecule has 2 N–H and O–H groups in total. The molecule has 28 heavy (non-hydrogen) atoms. The van der Waals surface area contributed by atoms with Crippen LogP contribution >= 0.6 is 12.2 Å². The molecule has 0 radical (unpaired) electrons. The standard InChI is InChI=1S/C21H22N4O2S/c1-27-16-7-4-6-15(14-16)24-11-5-9-18(24)20-19(17-8-2-3-10-22-17)23-21(28)25(20)12-13-26/h2-11,14,19-20,26H,12-13H2,1H3,(H,23,28)/t19-,20-/m0/s1. The number of methoxy groups -OCH3 is 1. The van der Waals surface area contributed by atoms with E-state index in [9.17, 15) is 5.11 Å². The van der Waals surface area contributed by atoms with Gasteiger partial charge in [0.2, 0.25) is 0 Å². The number of ether oxygens (including phenoxy) is 1. The Kier molecular flexibility index (Phi) is 5.27. The maximum atomic E-state index is 9.60. The Balaban J connectivity index is 1.80. The van der Waals surface area contributed by atoms with Crippen molar-refractivity contribution in [2.75, 3.05) is 20.3 Å². The van der Waals surface area contributed by atoms with Crippen molar-refractivity contribution in [3.63, 3.8) is 0 Å². The number of aromatic nitrogens is 2. The van der Waals surface area contributed by atoms with Crippen LogP contribution in [0.1, 0.15) is 23.5 Å². The van der Waals surface area contributed by atoms with Crippen molar-refractivity contribution in [3.8, 4) is 11.4 Å². The van der Waals surface area contributed by atoms with E-state index in [4.69, 9.17) is 17.0 Å². The summed E-state index contributed by atoms with van der Waals surface area (Å²) in [5.74, 6) is 0.797. The third kappa shape index (κ3) is 3.34. The van der Waals surface area contributed by atoms with Crippen LogP contribution in [0.4, 0.5) is 0 Å². The number of nitrogens with one attached hydrogen (secondary N) is 1. The molecule has 1 aliphatic rings. The van der Waals surface area contributed by atoms with Gasteiger partial charge in [-0.1, -0.05) is 12.1 Å². The number of benzene rings is 1. The number of aliphatic hydroxyl groups is 1. The minimum atomic E-state index is -0.112. The van der Waals surface area contributed by atoms with E-state index in [2.05, 4.69) is 20.9 Å². The highest BCUT2D eigenvalue weighted by atomic mass is 32.1. The normalized spacial score (nSPS) is 18.9. The van der Waals surface area contributed by atoms with E-state index in [-0.39, 0.29) is 18.7 Å². The molecule has 3 aromatic rings. The van der Waals surface area contributed by atoms with Crippen LogP contribution in [-0.4, -0.2) is 44.9 Å². The van der Waals surface area contributed by atoms with Gasteiger partial charge < -0.3 is 24.6 Å². The molecule has 0 bridgehead atoms. The van der Waals surface area contributed by atoms with E-state index in [0.29, 0.717) is 11.7 Å². The first-order chi connectivity index (χ1) is 13.7. The highest BCUT2D eigenvalue weighted by molar-refractivity contribution is 7.80. The quantitative estimate of drug-likeness (QED) is 0.627. The number of β-amino-alcohol motifs (C(OH)–C–C–N with tert-alkyl or cyclic N) is 1. The van der Waals surface area contributed by atoms with E-state index in [0.717, 1.165) is 22.8 Å². The van der Waals surface area contributed by atoms with Crippen LogP contribution in [0.15, 0.2) is 67.0 Å². The average molecular weight is 395 g/mol. The van der Waals surface area contributed by atoms with Crippen LogP contribution in [0.25, 0.3) is 5.69 Å². The number of thiocarbonyl (C=S) groups is 1. The summed E-state index contributed by atoms with van der Waals surface area (Å²) in [5.41, 5.74) is 2.97. The van der Waals surface area contributed by atoms with Crippen LogP contribution in [0.3, 0.4) is 0 Å². The van der Waals surface area contributed by atoms with Gasteiger partial charge in [0.15, 0.2) is 5.11 Å². The predicted molar refractivity (Wildman–Crippen MR) is 112 cm³/mol. The molecule has 2 atom stereocenters. The first-order valence-electron chi connectivity index (χ1n) is 9.13. The fraction of sp³-hybridized carbons (Fsp3) is 0.238. The molecule has 0 unspecified atom stereocenters. The Morgan fingerprint density at radius 2 is 2.07 bits per heavy atom. The van der Waals surface area contributed by atoms with Crippen molar-refractivity contribution in [1.29, 1.82) is 0 Å². The largest absolute Gasteiger partial charge is 0.497 e. The number of nitrogens with zero attached hydrogens (tertiary/aromatic N) is 3. The monoisotopic (exact) mass is 394 g/mol. The van der Waals surface area contributed by atoms with Crippen molar-refractivity contribution in [2.24, 2.45) is 0 Å². The molecule has 6 nitrogen and oxygen atoms in total. The fourth-order valence-corrected chi connectivity index (χ4v) is 4.04. The minimum Gasteiger partial charge on any atom is -0.497 e. The summed E-state index contributed by atoms with van der Waals surface area (Å²) in [7, 11) is 1.66. The molecule has 1 fully saturated rings. The zero-order valence-electron chi connectivity index (χ0n) is 15.5. The highest BCUT2D eigenvalue weighted by Crippen LogP contribution is 2.39. The SMILES string of the molecule is COc1cccc(-n2cccc2[C@H]2[C@H](c3ccccn3)NC(=S)N2CCO)c1. The van der Waals surface area contributed by atoms with E-state index in [1.807, 2.05) is 59.6 Å². The Morgan fingerprint density at radius 3 is 2.82 bits per heavy atom. The molecule has 144 valence electrons. The van der Waals surface area contributed by atoms with Crippen LogP contribution < -0.4 is 10.1 Å². The number of hydrogen-bond acceptors (Lipinski definition) is 4. The van der Waals surface area contributed by atoms with Gasteiger partial charge in [-0.3, -0.25) is 4.98 Å². The second-order valence-corrected chi connectivity index (χ2v) is 6.93. The number of pyridine rings is 1. The summed E-state index contributed by atoms with van der Waals surface area (Å²) in [5, 5.41) is 13.6. The molecule has 1 aliphatic heterocycles. The average Bonchev–Trinajstić information content (AvgIpc) is 3.34. The second-order valence-electron chi connectivity index (χ2n) is 6.55. The molecule has 0 saturated carbocycles. The summed E-state index contributed by atoms with van der Waals surface area (Å²) >= 11 is 5.58. The Labute approximate surface area is 169 Å². The summed E-state index contributed by atoms with van der Waals surface area (Å²) in [6, 6.07) is 17.7. The Hall–Kier alpha value is -2.90. The smallest absolute Gasteiger partial charge is 0.170 e. The number of rotatable bonds is 6. The first kappa shape index (κ1) is 18.5. The van der Waals surface area contributed by atoms with Crippen LogP contribution in [0.5, 0.6) is 5.75 Å². The zero-order valence-corrected chi connectivity index (χ0v) is 16.3. The van der Waals surface area contributed by atoms with Gasteiger partial charge in [-0.05, 0) is 48.6 Å². The van der Waals surface area contributed by atoms with Crippen LogP contribution in [0, 0.1) is 0 Å². The summed E-state index contributed by atoms with van der Waals surface area (Å²) in [4.78, 5) is 6.57. The van der Waals surface area contributed by atoms with Gasteiger partial charge in [-0.2, -0.15) is 0 Å². The van der Waals surface area contributed by atoms with Crippen molar-refractivity contribution in [2.45, 2.75) is 12.1 Å². The molecule has 4 rings (SSSR count). The fourth-order valence-electron chi connectivity index (χ4n) is 3.71. The molecule has 2 aromatic heterocycles. The molecule has 1 aromatic carbocycles. The zero-order chi connectivity index (χ0) is 19.5. The lowest BCUT2D eigenvalue weighted by molar-refractivity contribution is 0.220. The summed E-state index contributed by atoms with van der Waals surface area (Å²) in [6.07, 6.45) is 3.81. The van der Waals surface area contributed by atoms with Crippen molar-refractivity contribution < 1.29 is 9.84 Å². The topological polar surface area (TPSA) is 62.5 Å². The van der Waals surface area contributed by atoms with Gasteiger partial charge in [0.25, 0.3) is 0 Å². The molecule has 0 amide bonds. The summed E-state index contributed by atoms with van der Waals surface area (Å²) < 4.78 is 7.51. The van der Waals surface area contributed by atoms with E-state index >= 15 is 0 Å². The van der Waals surface area contributed by atoms with Crippen molar-refractivity contribution >= 4 is 17.3 Å². The van der Waals surface area contributed by atoms with Gasteiger partial charge in [0.05, 0.1) is 31.5 Å². The minimum absolute atomic E-state index is 0.0210. The first-order valence-corrected chi connectivity index (χ1v) is 9.54. The molecule has 7 heteroatoms. The third-order valence-electron chi connectivity index (χ3n) is 4.95. The molecular weight excluding hydrogens is 372 g/mol. The van der Waals surface area contributed by atoms with Gasteiger partial charge in [-0.15, -0.1) is 0 Å². The van der Waals surface area contributed by atoms with Gasteiger partial charge in [0.1, 0.15) is 5.75 Å². The van der Waals surface area contributed by atoms with Crippen LogP contribution in [0.2, 0.25) is 0 Å². The predicted octanol–water partition coefficient (Wildman–Crippen LogP) is 2.85. The molecule has 1 saturated heterocycles. The highest BCUT2D eigenvalue weighted by Gasteiger charge is 2.40. The van der Waals surface area contributed by atoms with Crippen molar-refractivity contribution in [3.05, 3.63) is 78.4 Å². The maximum absolute atomic E-state index is 9.60.